The van der Waals surface area contributed by atoms with E-state index >= 15 is 0 Å². The van der Waals surface area contributed by atoms with Crippen LogP contribution in [0.5, 0.6) is 17.5 Å². The number of aromatic nitrogens is 3. The van der Waals surface area contributed by atoms with Crippen molar-refractivity contribution in [3.05, 3.63) is 100 Å². The molecule has 11 nitrogen and oxygen atoms in total. The lowest BCUT2D eigenvalue weighted by molar-refractivity contribution is -0.389. The zero-order chi connectivity index (χ0) is 28.0. The Balaban J connectivity index is 0.927. The highest BCUT2D eigenvalue weighted by Gasteiger charge is 2.28. The van der Waals surface area contributed by atoms with Gasteiger partial charge < -0.3 is 29.2 Å². The minimum Gasteiger partial charge on any atom is -0.490 e. The fourth-order valence-electron chi connectivity index (χ4n) is 5.03. The maximum absolute atomic E-state index is 10.9. The molecule has 0 spiro atoms. The maximum Gasteiger partial charge on any atom is 0.414 e. The molecule has 0 saturated carbocycles. The summed E-state index contributed by atoms with van der Waals surface area (Å²) >= 11 is 0. The van der Waals surface area contributed by atoms with Gasteiger partial charge >= 0.3 is 11.8 Å². The summed E-state index contributed by atoms with van der Waals surface area (Å²) < 4.78 is 19.3. The second-order valence-corrected chi connectivity index (χ2v) is 10.2. The SMILES string of the molecule is O=[N+]([O-])c1cn2c(n1)OC(COc1ccc(N3CCN(Cc4ccc(OCc5ccccn5)cc4)CC3)cc1)CC2. The molecule has 0 amide bonds. The van der Waals surface area contributed by atoms with Gasteiger partial charge in [0.15, 0.2) is 0 Å². The van der Waals surface area contributed by atoms with Gasteiger partial charge in [0, 0.05) is 62.6 Å². The number of hydrogen-bond acceptors (Lipinski definition) is 9. The first-order valence-corrected chi connectivity index (χ1v) is 13.8. The van der Waals surface area contributed by atoms with Crippen LogP contribution in [0, 0.1) is 10.1 Å². The first kappa shape index (κ1) is 26.6. The number of imidazole rings is 1. The Morgan fingerprint density at radius 3 is 2.41 bits per heavy atom. The summed E-state index contributed by atoms with van der Waals surface area (Å²) in [4.78, 5) is 23.5. The molecular weight excluding hydrogens is 524 g/mol. The van der Waals surface area contributed by atoms with Crippen molar-refractivity contribution in [1.29, 1.82) is 0 Å². The number of anilines is 1. The Kier molecular flexibility index (Phi) is 7.94. The summed E-state index contributed by atoms with van der Waals surface area (Å²) in [6, 6.07) is 22.6. The lowest BCUT2D eigenvalue weighted by atomic mass is 10.2. The molecule has 1 fully saturated rings. The average molecular weight is 557 g/mol. The van der Waals surface area contributed by atoms with Gasteiger partial charge in [-0.3, -0.25) is 14.5 Å². The Morgan fingerprint density at radius 1 is 0.927 bits per heavy atom. The van der Waals surface area contributed by atoms with E-state index in [1.807, 2.05) is 42.5 Å². The third-order valence-electron chi connectivity index (χ3n) is 7.33. The normalized spacial score (nSPS) is 17.0. The van der Waals surface area contributed by atoms with Crippen LogP contribution in [0.2, 0.25) is 0 Å². The van der Waals surface area contributed by atoms with Gasteiger partial charge in [-0.05, 0) is 59.0 Å². The van der Waals surface area contributed by atoms with Crippen LogP contribution in [0.15, 0.2) is 79.1 Å². The number of benzene rings is 2. The zero-order valence-corrected chi connectivity index (χ0v) is 22.7. The number of nitrogens with zero attached hydrogens (tertiary/aromatic N) is 6. The fraction of sp³-hybridized carbons (Fsp3) is 0.333. The van der Waals surface area contributed by atoms with E-state index in [-0.39, 0.29) is 17.9 Å². The van der Waals surface area contributed by atoms with Crippen molar-refractivity contribution in [2.24, 2.45) is 0 Å². The number of rotatable bonds is 10. The monoisotopic (exact) mass is 556 g/mol. The molecule has 0 bridgehead atoms. The predicted octanol–water partition coefficient (Wildman–Crippen LogP) is 4.32. The zero-order valence-electron chi connectivity index (χ0n) is 22.7. The number of fused-ring (bicyclic) bond motifs is 1. The number of hydrogen-bond donors (Lipinski definition) is 0. The molecule has 2 aliphatic rings. The maximum atomic E-state index is 10.9. The number of nitro groups is 1. The summed E-state index contributed by atoms with van der Waals surface area (Å²) in [7, 11) is 0. The van der Waals surface area contributed by atoms with E-state index in [2.05, 4.69) is 44.0 Å². The van der Waals surface area contributed by atoms with Gasteiger partial charge in [0.2, 0.25) is 0 Å². The predicted molar refractivity (Wildman–Crippen MR) is 152 cm³/mol. The first-order valence-electron chi connectivity index (χ1n) is 13.8. The quantitative estimate of drug-likeness (QED) is 0.208. The molecule has 0 N–H and O–H groups in total. The minimum absolute atomic E-state index is 0.199. The van der Waals surface area contributed by atoms with Gasteiger partial charge in [0.25, 0.3) is 0 Å². The lowest BCUT2D eigenvalue weighted by Crippen LogP contribution is -2.45. The molecule has 2 aromatic heterocycles. The molecule has 1 saturated heterocycles. The molecule has 1 unspecified atom stereocenters. The molecule has 41 heavy (non-hydrogen) atoms. The standard InChI is InChI=1S/C30H32N6O5/c37-36(38)29-20-35-14-12-28(41-30(35)32-29)22-40-27-10-6-25(7-11-27)34-17-15-33(16-18-34)19-23-4-8-26(9-5-23)39-21-24-3-1-2-13-31-24/h1-11,13,20,28H,12,14-19,21-22H2. The van der Waals surface area contributed by atoms with Gasteiger partial charge in [-0.1, -0.05) is 18.2 Å². The highest BCUT2D eigenvalue weighted by atomic mass is 16.6. The number of piperazine rings is 1. The number of ether oxygens (including phenoxy) is 3. The molecular formula is C30H32N6O5. The fourth-order valence-corrected chi connectivity index (χ4v) is 5.03. The van der Waals surface area contributed by atoms with Crippen LogP contribution in [-0.4, -0.2) is 63.2 Å². The second-order valence-electron chi connectivity index (χ2n) is 10.2. The molecule has 4 heterocycles. The van der Waals surface area contributed by atoms with Gasteiger partial charge in [-0.25, -0.2) is 0 Å². The first-order chi connectivity index (χ1) is 20.1. The van der Waals surface area contributed by atoms with E-state index in [9.17, 15) is 10.1 Å². The van der Waals surface area contributed by atoms with Crippen molar-refractivity contribution >= 4 is 11.5 Å². The van der Waals surface area contributed by atoms with E-state index in [0.717, 1.165) is 49.9 Å². The van der Waals surface area contributed by atoms with Crippen LogP contribution in [0.3, 0.4) is 0 Å². The van der Waals surface area contributed by atoms with E-state index < -0.39 is 4.92 Å². The van der Waals surface area contributed by atoms with Crippen molar-refractivity contribution in [2.75, 3.05) is 37.7 Å². The van der Waals surface area contributed by atoms with Crippen LogP contribution >= 0.6 is 0 Å². The van der Waals surface area contributed by atoms with E-state index in [4.69, 9.17) is 14.2 Å². The molecule has 2 aliphatic heterocycles. The molecule has 4 aromatic rings. The number of pyridine rings is 1. The molecule has 0 radical (unpaired) electrons. The van der Waals surface area contributed by atoms with Crippen molar-refractivity contribution < 1.29 is 19.1 Å². The Morgan fingerprint density at radius 2 is 1.68 bits per heavy atom. The molecule has 6 rings (SSSR count). The van der Waals surface area contributed by atoms with Gasteiger partial charge in [-0.15, -0.1) is 0 Å². The molecule has 2 aromatic carbocycles. The highest BCUT2D eigenvalue weighted by Crippen LogP contribution is 2.26. The summed E-state index contributed by atoms with van der Waals surface area (Å²) in [6.07, 6.45) is 3.68. The van der Waals surface area contributed by atoms with Crippen LogP contribution in [0.25, 0.3) is 0 Å². The van der Waals surface area contributed by atoms with Gasteiger partial charge in [0.1, 0.15) is 37.0 Å². The molecule has 212 valence electrons. The van der Waals surface area contributed by atoms with E-state index in [1.54, 1.807) is 10.8 Å². The van der Waals surface area contributed by atoms with Crippen LogP contribution in [0.4, 0.5) is 11.5 Å². The largest absolute Gasteiger partial charge is 0.490 e. The topological polar surface area (TPSA) is 108 Å². The Hall–Kier alpha value is -4.64. The van der Waals surface area contributed by atoms with Crippen molar-refractivity contribution in [3.63, 3.8) is 0 Å². The summed E-state index contributed by atoms with van der Waals surface area (Å²) in [5.74, 6) is 1.42. The second kappa shape index (κ2) is 12.3. The van der Waals surface area contributed by atoms with E-state index in [1.165, 1.54) is 17.4 Å². The van der Waals surface area contributed by atoms with Crippen molar-refractivity contribution in [1.82, 2.24) is 19.4 Å². The average Bonchev–Trinajstić information content (AvgIpc) is 3.45. The molecule has 1 atom stereocenters. The summed E-state index contributed by atoms with van der Waals surface area (Å²) in [5, 5.41) is 10.9. The number of aryl methyl sites for hydroxylation is 1. The third-order valence-corrected chi connectivity index (χ3v) is 7.33. The van der Waals surface area contributed by atoms with E-state index in [0.29, 0.717) is 26.2 Å². The van der Waals surface area contributed by atoms with Crippen LogP contribution in [-0.2, 0) is 19.7 Å². The third kappa shape index (κ3) is 6.75. The highest BCUT2D eigenvalue weighted by molar-refractivity contribution is 5.49. The smallest absolute Gasteiger partial charge is 0.414 e. The van der Waals surface area contributed by atoms with Crippen LogP contribution in [0.1, 0.15) is 17.7 Å². The Bertz CT molecular complexity index is 1440. The van der Waals surface area contributed by atoms with Crippen molar-refractivity contribution in [3.8, 4) is 17.5 Å². The van der Waals surface area contributed by atoms with Gasteiger partial charge in [-0.2, -0.15) is 0 Å². The summed E-state index contributed by atoms with van der Waals surface area (Å²) in [6.45, 7) is 6.24. The Labute approximate surface area is 238 Å². The summed E-state index contributed by atoms with van der Waals surface area (Å²) in [5.41, 5.74) is 3.36. The van der Waals surface area contributed by atoms with Crippen molar-refractivity contribution in [2.45, 2.75) is 32.2 Å². The molecule has 11 heteroatoms. The van der Waals surface area contributed by atoms with Crippen LogP contribution < -0.4 is 19.1 Å². The lowest BCUT2D eigenvalue weighted by Gasteiger charge is -2.36. The minimum atomic E-state index is -0.511. The molecule has 0 aliphatic carbocycles. The van der Waals surface area contributed by atoms with Gasteiger partial charge in [0.05, 0.1) is 5.69 Å².